The first-order valence-electron chi connectivity index (χ1n) is 6.91. The summed E-state index contributed by atoms with van der Waals surface area (Å²) in [6.07, 6.45) is 3.68. The van der Waals surface area contributed by atoms with Crippen molar-refractivity contribution in [3.63, 3.8) is 0 Å². The van der Waals surface area contributed by atoms with E-state index in [1.54, 1.807) is 7.11 Å². The highest BCUT2D eigenvalue weighted by molar-refractivity contribution is 6.20. The van der Waals surface area contributed by atoms with E-state index >= 15 is 0 Å². The fourth-order valence-corrected chi connectivity index (χ4v) is 2.79. The maximum atomic E-state index is 6.23. The van der Waals surface area contributed by atoms with E-state index in [1.165, 1.54) is 12.8 Å². The summed E-state index contributed by atoms with van der Waals surface area (Å²) in [7, 11) is 1.66. The molecule has 0 saturated heterocycles. The van der Waals surface area contributed by atoms with Crippen LogP contribution in [-0.4, -0.2) is 32.2 Å². The van der Waals surface area contributed by atoms with E-state index in [9.17, 15) is 0 Å². The fraction of sp³-hybridized carbons (Fsp3) is 0.600. The van der Waals surface area contributed by atoms with Crippen LogP contribution in [0.3, 0.4) is 0 Å². The summed E-state index contributed by atoms with van der Waals surface area (Å²) in [5.41, 5.74) is 0. The molecule has 0 spiro atoms. The Bertz CT molecular complexity index is 369. The lowest BCUT2D eigenvalue weighted by molar-refractivity contribution is 0.308. The normalized spacial score (nSPS) is 22.4. The summed E-state index contributed by atoms with van der Waals surface area (Å²) in [5.74, 6) is 2.35. The van der Waals surface area contributed by atoms with Crippen LogP contribution in [0, 0.1) is 5.92 Å². The maximum absolute atomic E-state index is 6.23. The van der Waals surface area contributed by atoms with Crippen LogP contribution >= 0.6 is 11.6 Å². The van der Waals surface area contributed by atoms with Gasteiger partial charge in [-0.25, -0.2) is 0 Å². The van der Waals surface area contributed by atoms with Crippen molar-refractivity contribution in [2.75, 3.05) is 26.8 Å². The second kappa shape index (κ2) is 7.61. The number of methoxy groups -OCH3 is 1. The predicted molar refractivity (Wildman–Crippen MR) is 78.3 cm³/mol. The van der Waals surface area contributed by atoms with Crippen LogP contribution < -0.4 is 14.8 Å². The largest absolute Gasteiger partial charge is 0.497 e. The third-order valence-corrected chi connectivity index (χ3v) is 4.15. The maximum Gasteiger partial charge on any atom is 0.119 e. The molecule has 0 radical (unpaired) electrons. The van der Waals surface area contributed by atoms with E-state index < -0.39 is 0 Å². The standard InChI is InChI=1S/C15H22ClNO2/c1-18-13-5-7-14(8-6-13)19-10-9-17-11-12-3-2-4-15(12)16/h5-8,12,15,17H,2-4,9-11H2,1H3. The molecule has 0 aliphatic heterocycles. The van der Waals surface area contributed by atoms with Gasteiger partial charge in [-0.2, -0.15) is 0 Å². The van der Waals surface area contributed by atoms with Crippen molar-refractivity contribution < 1.29 is 9.47 Å². The Morgan fingerprint density at radius 2 is 1.95 bits per heavy atom. The van der Waals surface area contributed by atoms with Crippen LogP contribution in [0.5, 0.6) is 11.5 Å². The first kappa shape index (κ1) is 14.5. The second-order valence-electron chi connectivity index (χ2n) is 4.94. The van der Waals surface area contributed by atoms with Crippen LogP contribution in [0.2, 0.25) is 0 Å². The quantitative estimate of drug-likeness (QED) is 0.616. The van der Waals surface area contributed by atoms with E-state index in [0.29, 0.717) is 17.9 Å². The van der Waals surface area contributed by atoms with Crippen LogP contribution in [0.4, 0.5) is 0 Å². The van der Waals surface area contributed by atoms with Crippen LogP contribution in [0.1, 0.15) is 19.3 Å². The Morgan fingerprint density at radius 3 is 2.58 bits per heavy atom. The molecular formula is C15H22ClNO2. The summed E-state index contributed by atoms with van der Waals surface area (Å²) >= 11 is 6.23. The Hall–Kier alpha value is -0.930. The number of alkyl halides is 1. The summed E-state index contributed by atoms with van der Waals surface area (Å²) in [4.78, 5) is 0. The van der Waals surface area contributed by atoms with E-state index in [-0.39, 0.29) is 0 Å². The van der Waals surface area contributed by atoms with Gasteiger partial charge in [0.05, 0.1) is 7.11 Å². The van der Waals surface area contributed by atoms with Gasteiger partial charge >= 0.3 is 0 Å². The van der Waals surface area contributed by atoms with E-state index in [0.717, 1.165) is 31.0 Å². The first-order valence-corrected chi connectivity index (χ1v) is 7.35. The number of rotatable bonds is 7. The summed E-state index contributed by atoms with van der Waals surface area (Å²) in [6, 6.07) is 7.65. The van der Waals surface area contributed by atoms with Gasteiger partial charge in [0, 0.05) is 11.9 Å². The number of halogens is 1. The van der Waals surface area contributed by atoms with E-state index in [2.05, 4.69) is 5.32 Å². The van der Waals surface area contributed by atoms with Crippen molar-refractivity contribution in [2.24, 2.45) is 5.92 Å². The highest BCUT2D eigenvalue weighted by Gasteiger charge is 2.24. The lowest BCUT2D eigenvalue weighted by Gasteiger charge is -2.14. The van der Waals surface area contributed by atoms with Gasteiger partial charge in [-0.3, -0.25) is 0 Å². The third kappa shape index (κ3) is 4.59. The van der Waals surface area contributed by atoms with Gasteiger partial charge in [0.25, 0.3) is 0 Å². The van der Waals surface area contributed by atoms with Crippen LogP contribution in [-0.2, 0) is 0 Å². The molecular weight excluding hydrogens is 262 g/mol. The van der Waals surface area contributed by atoms with Gasteiger partial charge in [0.15, 0.2) is 0 Å². The van der Waals surface area contributed by atoms with Crippen LogP contribution in [0.25, 0.3) is 0 Å². The molecule has 2 unspecified atom stereocenters. The molecule has 1 fully saturated rings. The molecule has 1 aliphatic rings. The highest BCUT2D eigenvalue weighted by Crippen LogP contribution is 2.29. The Labute approximate surface area is 120 Å². The Balaban J connectivity index is 1.58. The molecule has 2 atom stereocenters. The minimum absolute atomic E-state index is 0.356. The molecule has 0 aromatic heterocycles. The van der Waals surface area contributed by atoms with Gasteiger partial charge in [-0.1, -0.05) is 6.42 Å². The molecule has 1 aliphatic carbocycles. The minimum atomic E-state index is 0.356. The zero-order valence-corrected chi connectivity index (χ0v) is 12.2. The molecule has 1 saturated carbocycles. The van der Waals surface area contributed by atoms with Crippen molar-refractivity contribution in [2.45, 2.75) is 24.6 Å². The molecule has 2 rings (SSSR count). The van der Waals surface area contributed by atoms with E-state index in [4.69, 9.17) is 21.1 Å². The van der Waals surface area contributed by atoms with Crippen molar-refractivity contribution in [1.29, 1.82) is 0 Å². The molecule has 0 bridgehead atoms. The number of hydrogen-bond donors (Lipinski definition) is 1. The predicted octanol–water partition coefficient (Wildman–Crippen LogP) is 3.07. The lowest BCUT2D eigenvalue weighted by atomic mass is 10.1. The molecule has 0 heterocycles. The van der Waals surface area contributed by atoms with Crippen molar-refractivity contribution in [3.05, 3.63) is 24.3 Å². The van der Waals surface area contributed by atoms with Gasteiger partial charge in [0.1, 0.15) is 18.1 Å². The fourth-order valence-electron chi connectivity index (χ4n) is 2.42. The van der Waals surface area contributed by atoms with Crippen molar-refractivity contribution >= 4 is 11.6 Å². The molecule has 1 N–H and O–H groups in total. The Morgan fingerprint density at radius 1 is 1.21 bits per heavy atom. The average molecular weight is 284 g/mol. The summed E-state index contributed by atoms with van der Waals surface area (Å²) in [5, 5.41) is 3.77. The van der Waals surface area contributed by atoms with Gasteiger partial charge in [-0.15, -0.1) is 11.6 Å². The molecule has 1 aromatic carbocycles. The lowest BCUT2D eigenvalue weighted by Crippen LogP contribution is -2.29. The molecule has 106 valence electrons. The monoisotopic (exact) mass is 283 g/mol. The highest BCUT2D eigenvalue weighted by atomic mass is 35.5. The second-order valence-corrected chi connectivity index (χ2v) is 5.50. The van der Waals surface area contributed by atoms with Crippen molar-refractivity contribution in [3.8, 4) is 11.5 Å². The smallest absolute Gasteiger partial charge is 0.119 e. The summed E-state index contributed by atoms with van der Waals surface area (Å²) in [6.45, 7) is 2.53. The van der Waals surface area contributed by atoms with Crippen LogP contribution in [0.15, 0.2) is 24.3 Å². The van der Waals surface area contributed by atoms with Crippen molar-refractivity contribution in [1.82, 2.24) is 5.32 Å². The van der Waals surface area contributed by atoms with Gasteiger partial charge in [0.2, 0.25) is 0 Å². The number of ether oxygens (including phenoxy) is 2. The number of hydrogen-bond acceptors (Lipinski definition) is 3. The molecule has 4 heteroatoms. The number of benzene rings is 1. The van der Waals surface area contributed by atoms with Gasteiger partial charge < -0.3 is 14.8 Å². The molecule has 3 nitrogen and oxygen atoms in total. The molecule has 1 aromatic rings. The summed E-state index contributed by atoms with van der Waals surface area (Å²) < 4.78 is 10.7. The zero-order valence-electron chi connectivity index (χ0n) is 11.4. The third-order valence-electron chi connectivity index (χ3n) is 3.58. The first-order chi connectivity index (χ1) is 9.29. The van der Waals surface area contributed by atoms with E-state index in [1.807, 2.05) is 24.3 Å². The zero-order chi connectivity index (χ0) is 13.5. The minimum Gasteiger partial charge on any atom is -0.497 e. The average Bonchev–Trinajstić information content (AvgIpc) is 2.85. The topological polar surface area (TPSA) is 30.5 Å². The SMILES string of the molecule is COc1ccc(OCCNCC2CCCC2Cl)cc1. The molecule has 19 heavy (non-hydrogen) atoms. The Kier molecular flexibility index (Phi) is 5.80. The van der Waals surface area contributed by atoms with Gasteiger partial charge in [-0.05, 0) is 49.6 Å². The molecule has 0 amide bonds. The number of nitrogens with one attached hydrogen (secondary N) is 1.